The summed E-state index contributed by atoms with van der Waals surface area (Å²) >= 11 is 6.43. The van der Waals surface area contributed by atoms with Crippen LogP contribution in [-0.4, -0.2) is 29.8 Å². The third-order valence-electron chi connectivity index (χ3n) is 5.10. The molecule has 0 bridgehead atoms. The first-order valence-corrected chi connectivity index (χ1v) is 11.8. The van der Waals surface area contributed by atoms with Gasteiger partial charge in [-0.25, -0.2) is 10.4 Å². The van der Waals surface area contributed by atoms with Crippen molar-refractivity contribution in [1.29, 1.82) is 0 Å². The topological polar surface area (TPSA) is 72.8 Å². The molecule has 0 unspecified atom stereocenters. The van der Waals surface area contributed by atoms with Crippen LogP contribution in [0.1, 0.15) is 36.7 Å². The van der Waals surface area contributed by atoms with Gasteiger partial charge >= 0.3 is 0 Å². The van der Waals surface area contributed by atoms with Crippen molar-refractivity contribution < 1.29 is 14.3 Å². The number of halogens is 1. The number of aromatic nitrogens is 1. The first-order chi connectivity index (χ1) is 17.0. The van der Waals surface area contributed by atoms with Crippen molar-refractivity contribution >= 4 is 34.6 Å². The largest absolute Gasteiger partial charge is 0.490 e. The Balaban J connectivity index is 1.61. The van der Waals surface area contributed by atoms with E-state index < -0.39 is 0 Å². The highest BCUT2D eigenvalue weighted by molar-refractivity contribution is 6.32. The maximum absolute atomic E-state index is 13.1. The highest BCUT2D eigenvalue weighted by Crippen LogP contribution is 2.37. The van der Waals surface area contributed by atoms with Crippen LogP contribution in [0.2, 0.25) is 5.02 Å². The van der Waals surface area contributed by atoms with E-state index in [0.717, 1.165) is 16.5 Å². The number of rotatable bonds is 8. The molecule has 0 aliphatic carbocycles. The van der Waals surface area contributed by atoms with Crippen LogP contribution in [0.15, 0.2) is 77.9 Å². The second-order valence-corrected chi connectivity index (χ2v) is 8.47. The normalized spacial score (nSPS) is 11.2. The zero-order chi connectivity index (χ0) is 24.8. The number of ether oxygens (including phenoxy) is 2. The average Bonchev–Trinajstić information content (AvgIpc) is 2.86. The van der Waals surface area contributed by atoms with Gasteiger partial charge in [0, 0.05) is 10.9 Å². The number of hydrazone groups is 1. The van der Waals surface area contributed by atoms with Crippen molar-refractivity contribution in [3.8, 4) is 22.8 Å². The van der Waals surface area contributed by atoms with Gasteiger partial charge in [-0.05, 0) is 50.6 Å². The Morgan fingerprint density at radius 1 is 1.09 bits per heavy atom. The lowest BCUT2D eigenvalue weighted by Crippen LogP contribution is -2.18. The quantitative estimate of drug-likeness (QED) is 0.227. The Labute approximate surface area is 209 Å². The van der Waals surface area contributed by atoms with E-state index >= 15 is 0 Å². The van der Waals surface area contributed by atoms with Gasteiger partial charge in [-0.1, -0.05) is 60.1 Å². The standard InChI is InChI=1S/C28H26ClN3O3/c1-4-34-26-15-19(14-23(29)27(26)35-18(2)3)17-30-32-28(33)22-16-25(20-10-6-5-7-11-20)31-24-13-9-8-12-21(22)24/h5-18H,4H2,1-3H3,(H,32,33)/b30-17-. The van der Waals surface area contributed by atoms with Gasteiger partial charge in [-0.3, -0.25) is 4.79 Å². The number of amides is 1. The molecule has 178 valence electrons. The fraction of sp³-hybridized carbons (Fsp3) is 0.179. The van der Waals surface area contributed by atoms with Crippen molar-refractivity contribution in [3.05, 3.63) is 88.9 Å². The lowest BCUT2D eigenvalue weighted by molar-refractivity contribution is 0.0956. The van der Waals surface area contributed by atoms with E-state index in [4.69, 9.17) is 26.1 Å². The smallest absolute Gasteiger partial charge is 0.272 e. The monoisotopic (exact) mass is 487 g/mol. The maximum Gasteiger partial charge on any atom is 0.272 e. The molecule has 0 spiro atoms. The summed E-state index contributed by atoms with van der Waals surface area (Å²) in [6.07, 6.45) is 1.47. The molecule has 1 heterocycles. The van der Waals surface area contributed by atoms with Gasteiger partial charge in [0.1, 0.15) is 0 Å². The highest BCUT2D eigenvalue weighted by atomic mass is 35.5. The van der Waals surface area contributed by atoms with Crippen molar-refractivity contribution in [3.63, 3.8) is 0 Å². The summed E-state index contributed by atoms with van der Waals surface area (Å²) in [5.74, 6) is 0.670. The molecular formula is C28H26ClN3O3. The number of hydrogen-bond donors (Lipinski definition) is 1. The molecule has 0 aliphatic heterocycles. The molecule has 6 nitrogen and oxygen atoms in total. The van der Waals surface area contributed by atoms with E-state index in [-0.39, 0.29) is 12.0 Å². The van der Waals surface area contributed by atoms with Crippen LogP contribution in [0.4, 0.5) is 0 Å². The van der Waals surface area contributed by atoms with Crippen LogP contribution in [0.3, 0.4) is 0 Å². The summed E-state index contributed by atoms with van der Waals surface area (Å²) in [5.41, 5.74) is 6.15. The minimum Gasteiger partial charge on any atom is -0.490 e. The second kappa shape index (κ2) is 11.0. The van der Waals surface area contributed by atoms with Crippen LogP contribution >= 0.6 is 11.6 Å². The van der Waals surface area contributed by atoms with Crippen molar-refractivity contribution in [2.24, 2.45) is 5.10 Å². The average molecular weight is 488 g/mol. The lowest BCUT2D eigenvalue weighted by atomic mass is 10.0. The molecule has 3 aromatic carbocycles. The number of nitrogens with zero attached hydrogens (tertiary/aromatic N) is 2. The number of hydrogen-bond acceptors (Lipinski definition) is 5. The third-order valence-corrected chi connectivity index (χ3v) is 5.38. The van der Waals surface area contributed by atoms with E-state index in [1.807, 2.05) is 75.4 Å². The Morgan fingerprint density at radius 2 is 1.83 bits per heavy atom. The molecule has 35 heavy (non-hydrogen) atoms. The molecular weight excluding hydrogens is 462 g/mol. The SMILES string of the molecule is CCOc1cc(/C=N\NC(=O)c2cc(-c3ccccc3)nc3ccccc23)cc(Cl)c1OC(C)C. The first-order valence-electron chi connectivity index (χ1n) is 11.4. The van der Waals surface area contributed by atoms with Gasteiger partial charge in [0.2, 0.25) is 0 Å². The Hall–Kier alpha value is -3.90. The van der Waals surface area contributed by atoms with Crippen LogP contribution < -0.4 is 14.9 Å². The van der Waals surface area contributed by atoms with Crippen molar-refractivity contribution in [1.82, 2.24) is 10.4 Å². The Morgan fingerprint density at radius 3 is 2.57 bits per heavy atom. The number of fused-ring (bicyclic) bond motifs is 1. The van der Waals surface area contributed by atoms with Crippen molar-refractivity contribution in [2.45, 2.75) is 26.9 Å². The summed E-state index contributed by atoms with van der Waals surface area (Å²) in [5, 5.41) is 5.31. The van der Waals surface area contributed by atoms with E-state index in [9.17, 15) is 4.79 Å². The third kappa shape index (κ3) is 5.78. The molecule has 1 amide bonds. The van der Waals surface area contributed by atoms with Gasteiger partial charge in [0.15, 0.2) is 11.5 Å². The van der Waals surface area contributed by atoms with Crippen LogP contribution in [0, 0.1) is 0 Å². The highest BCUT2D eigenvalue weighted by Gasteiger charge is 2.15. The van der Waals surface area contributed by atoms with Gasteiger partial charge in [0.05, 0.1) is 40.7 Å². The van der Waals surface area contributed by atoms with Gasteiger partial charge in [-0.2, -0.15) is 5.10 Å². The van der Waals surface area contributed by atoms with Crippen LogP contribution in [0.5, 0.6) is 11.5 Å². The predicted molar refractivity (Wildman–Crippen MR) is 141 cm³/mol. The van der Waals surface area contributed by atoms with E-state index in [1.165, 1.54) is 6.21 Å². The first kappa shape index (κ1) is 24.2. The molecule has 0 saturated heterocycles. The van der Waals surface area contributed by atoms with Gasteiger partial charge < -0.3 is 9.47 Å². The molecule has 0 fully saturated rings. The fourth-order valence-corrected chi connectivity index (χ4v) is 3.88. The zero-order valence-corrected chi connectivity index (χ0v) is 20.5. The summed E-state index contributed by atoms with van der Waals surface area (Å²) < 4.78 is 11.5. The van der Waals surface area contributed by atoms with Crippen LogP contribution in [0.25, 0.3) is 22.2 Å². The number of pyridine rings is 1. The number of carbonyl (C=O) groups is 1. The minimum absolute atomic E-state index is 0.0542. The van der Waals surface area contributed by atoms with Crippen molar-refractivity contribution in [2.75, 3.05) is 6.61 Å². The molecule has 7 heteroatoms. The summed E-state index contributed by atoms with van der Waals surface area (Å²) in [7, 11) is 0. The van der Waals surface area contributed by atoms with Gasteiger partial charge in [0.25, 0.3) is 5.91 Å². The van der Waals surface area contributed by atoms with Gasteiger partial charge in [-0.15, -0.1) is 0 Å². The number of nitrogens with one attached hydrogen (secondary N) is 1. The molecule has 0 aliphatic rings. The predicted octanol–water partition coefficient (Wildman–Crippen LogP) is 6.51. The number of carbonyl (C=O) groups excluding carboxylic acids is 1. The number of benzene rings is 3. The number of para-hydroxylation sites is 1. The molecule has 4 rings (SSSR count). The molecule has 1 N–H and O–H groups in total. The zero-order valence-electron chi connectivity index (χ0n) is 19.8. The Kier molecular flexibility index (Phi) is 7.63. The Bertz CT molecular complexity index is 1370. The van der Waals surface area contributed by atoms with E-state index in [0.29, 0.717) is 39.9 Å². The molecule has 0 atom stereocenters. The van der Waals surface area contributed by atoms with E-state index in [2.05, 4.69) is 10.5 Å². The summed E-state index contributed by atoms with van der Waals surface area (Å²) in [6.45, 7) is 6.18. The lowest BCUT2D eigenvalue weighted by Gasteiger charge is -2.16. The maximum atomic E-state index is 13.1. The summed E-state index contributed by atoms with van der Waals surface area (Å²) in [6, 6.07) is 22.6. The van der Waals surface area contributed by atoms with Crippen LogP contribution in [-0.2, 0) is 0 Å². The molecule has 0 saturated carbocycles. The molecule has 1 aromatic heterocycles. The molecule has 0 radical (unpaired) electrons. The minimum atomic E-state index is -0.340. The summed E-state index contributed by atoms with van der Waals surface area (Å²) in [4.78, 5) is 17.8. The van der Waals surface area contributed by atoms with E-state index in [1.54, 1.807) is 18.2 Å². The second-order valence-electron chi connectivity index (χ2n) is 8.07. The molecule has 4 aromatic rings. The fourth-order valence-electron chi connectivity index (χ4n) is 3.62.